The normalized spacial score (nSPS) is 22.6. The minimum absolute atomic E-state index is 0.0111. The summed E-state index contributed by atoms with van der Waals surface area (Å²) in [5.74, 6) is 0.0111. The van der Waals surface area contributed by atoms with Crippen LogP contribution >= 0.6 is 0 Å². The molecule has 98 valence electrons. The van der Waals surface area contributed by atoms with Gasteiger partial charge in [0.25, 0.3) is 5.91 Å². The molecular weight excluding hydrogens is 236 g/mol. The Hall–Kier alpha value is -1.87. The fraction of sp³-hybridized carbons (Fsp3) is 0.312. The highest BCUT2D eigenvalue weighted by Crippen LogP contribution is 2.18. The molecule has 1 unspecified atom stereocenters. The summed E-state index contributed by atoms with van der Waals surface area (Å²) in [5.41, 5.74) is 0.606. The Morgan fingerprint density at radius 3 is 2.74 bits per heavy atom. The Bertz CT molecular complexity index is 615. The third kappa shape index (κ3) is 2.47. The average Bonchev–Trinajstić information content (AvgIpc) is 2.84. The average molecular weight is 254 g/mol. The molecule has 1 aliphatic rings. The molecule has 0 aromatic heterocycles. The molecule has 19 heavy (non-hydrogen) atoms. The summed E-state index contributed by atoms with van der Waals surface area (Å²) in [4.78, 5) is 12.3. The summed E-state index contributed by atoms with van der Waals surface area (Å²) >= 11 is 0. The van der Waals surface area contributed by atoms with Gasteiger partial charge in [-0.3, -0.25) is 4.79 Å². The van der Waals surface area contributed by atoms with Gasteiger partial charge < -0.3 is 10.6 Å². The van der Waals surface area contributed by atoms with E-state index in [0.29, 0.717) is 0 Å². The van der Waals surface area contributed by atoms with Gasteiger partial charge in [-0.05, 0) is 42.8 Å². The van der Waals surface area contributed by atoms with Gasteiger partial charge >= 0.3 is 0 Å². The molecular formula is C16H18N2O. The van der Waals surface area contributed by atoms with Crippen molar-refractivity contribution in [2.24, 2.45) is 0 Å². The van der Waals surface area contributed by atoms with Crippen molar-refractivity contribution in [1.82, 2.24) is 10.6 Å². The molecule has 1 fully saturated rings. The van der Waals surface area contributed by atoms with Gasteiger partial charge in [0.1, 0.15) is 0 Å². The van der Waals surface area contributed by atoms with Crippen LogP contribution in [-0.2, 0) is 0 Å². The van der Waals surface area contributed by atoms with E-state index in [4.69, 9.17) is 0 Å². The Morgan fingerprint density at radius 1 is 1.21 bits per heavy atom. The van der Waals surface area contributed by atoms with Crippen LogP contribution in [0.15, 0.2) is 42.5 Å². The first-order chi connectivity index (χ1) is 9.16. The molecule has 2 N–H and O–H groups in total. The zero-order valence-corrected chi connectivity index (χ0v) is 11.1. The number of carbonyl (C=O) groups is 1. The van der Waals surface area contributed by atoms with Gasteiger partial charge in [0.2, 0.25) is 0 Å². The van der Waals surface area contributed by atoms with Crippen LogP contribution in [0.5, 0.6) is 0 Å². The summed E-state index contributed by atoms with van der Waals surface area (Å²) in [5, 5.41) is 8.68. The predicted molar refractivity (Wildman–Crippen MR) is 77.3 cm³/mol. The first-order valence-electron chi connectivity index (χ1n) is 6.68. The lowest BCUT2D eigenvalue weighted by Gasteiger charge is -2.24. The quantitative estimate of drug-likeness (QED) is 0.863. The zero-order valence-electron chi connectivity index (χ0n) is 11.1. The van der Waals surface area contributed by atoms with Crippen molar-refractivity contribution in [3.63, 3.8) is 0 Å². The number of carbonyl (C=O) groups excluding carboxylic acids is 1. The molecule has 0 radical (unpaired) electrons. The van der Waals surface area contributed by atoms with E-state index in [1.807, 2.05) is 36.4 Å². The van der Waals surface area contributed by atoms with Crippen LogP contribution in [-0.4, -0.2) is 24.5 Å². The van der Waals surface area contributed by atoms with E-state index in [-0.39, 0.29) is 11.4 Å². The van der Waals surface area contributed by atoms with Gasteiger partial charge in [-0.2, -0.15) is 0 Å². The Labute approximate surface area is 113 Å². The van der Waals surface area contributed by atoms with Crippen LogP contribution < -0.4 is 10.6 Å². The van der Waals surface area contributed by atoms with Crippen molar-refractivity contribution in [1.29, 1.82) is 0 Å². The number of nitrogens with one attached hydrogen (secondary N) is 2. The molecule has 1 heterocycles. The number of rotatable bonds is 2. The maximum absolute atomic E-state index is 12.3. The molecule has 0 bridgehead atoms. The molecule has 2 aromatic carbocycles. The van der Waals surface area contributed by atoms with Crippen LogP contribution in [0.2, 0.25) is 0 Å². The molecule has 2 aromatic rings. The number of hydrogen-bond acceptors (Lipinski definition) is 2. The highest BCUT2D eigenvalue weighted by atomic mass is 16.1. The van der Waals surface area contributed by atoms with Crippen LogP contribution in [0, 0.1) is 0 Å². The largest absolute Gasteiger partial charge is 0.346 e. The van der Waals surface area contributed by atoms with E-state index in [2.05, 4.69) is 23.6 Å². The fourth-order valence-electron chi connectivity index (χ4n) is 2.60. The van der Waals surface area contributed by atoms with Gasteiger partial charge in [-0.1, -0.05) is 30.3 Å². The predicted octanol–water partition coefficient (Wildman–Crippen LogP) is 2.32. The van der Waals surface area contributed by atoms with Gasteiger partial charge in [0.05, 0.1) is 5.54 Å². The van der Waals surface area contributed by atoms with Crippen molar-refractivity contribution < 1.29 is 4.79 Å². The van der Waals surface area contributed by atoms with Crippen LogP contribution in [0.25, 0.3) is 10.8 Å². The van der Waals surface area contributed by atoms with E-state index in [1.165, 1.54) is 0 Å². The smallest absolute Gasteiger partial charge is 0.251 e. The maximum Gasteiger partial charge on any atom is 0.251 e. The maximum atomic E-state index is 12.3. The van der Waals surface area contributed by atoms with E-state index in [0.717, 1.165) is 35.8 Å². The lowest BCUT2D eigenvalue weighted by atomic mass is 10.0. The number of fused-ring (bicyclic) bond motifs is 1. The summed E-state index contributed by atoms with van der Waals surface area (Å²) < 4.78 is 0. The second kappa shape index (κ2) is 4.67. The molecule has 1 saturated heterocycles. The Balaban J connectivity index is 1.85. The lowest BCUT2D eigenvalue weighted by Crippen LogP contribution is -2.47. The SMILES string of the molecule is CC1(NC(=O)c2ccc3ccccc3c2)CCNC1. The van der Waals surface area contributed by atoms with E-state index in [9.17, 15) is 4.79 Å². The molecule has 1 aliphatic heterocycles. The summed E-state index contributed by atoms with van der Waals surface area (Å²) in [7, 11) is 0. The van der Waals surface area contributed by atoms with Gasteiger partial charge in [-0.25, -0.2) is 0 Å². The monoisotopic (exact) mass is 254 g/mol. The van der Waals surface area contributed by atoms with Crippen molar-refractivity contribution in [2.75, 3.05) is 13.1 Å². The molecule has 0 aliphatic carbocycles. The van der Waals surface area contributed by atoms with Crippen LogP contribution in [0.4, 0.5) is 0 Å². The summed E-state index contributed by atoms with van der Waals surface area (Å²) in [6, 6.07) is 13.9. The third-order valence-corrected chi connectivity index (χ3v) is 3.80. The Morgan fingerprint density at radius 2 is 2.00 bits per heavy atom. The highest BCUT2D eigenvalue weighted by molar-refractivity contribution is 5.98. The fourth-order valence-corrected chi connectivity index (χ4v) is 2.60. The number of benzene rings is 2. The molecule has 0 saturated carbocycles. The Kier molecular flexibility index (Phi) is 2.99. The van der Waals surface area contributed by atoms with Crippen molar-refractivity contribution in [2.45, 2.75) is 18.9 Å². The molecule has 3 rings (SSSR count). The van der Waals surface area contributed by atoms with Gasteiger partial charge in [-0.15, -0.1) is 0 Å². The third-order valence-electron chi connectivity index (χ3n) is 3.80. The molecule has 1 amide bonds. The number of amides is 1. The summed E-state index contributed by atoms with van der Waals surface area (Å²) in [6.45, 7) is 3.90. The second-order valence-corrected chi connectivity index (χ2v) is 5.50. The van der Waals surface area contributed by atoms with Crippen LogP contribution in [0.1, 0.15) is 23.7 Å². The van der Waals surface area contributed by atoms with Gasteiger partial charge in [0.15, 0.2) is 0 Å². The summed E-state index contributed by atoms with van der Waals surface area (Å²) in [6.07, 6.45) is 0.978. The van der Waals surface area contributed by atoms with Crippen molar-refractivity contribution in [3.05, 3.63) is 48.0 Å². The van der Waals surface area contributed by atoms with Crippen molar-refractivity contribution >= 4 is 16.7 Å². The number of hydrogen-bond donors (Lipinski definition) is 2. The molecule has 3 nitrogen and oxygen atoms in total. The zero-order chi connectivity index (χ0) is 13.3. The highest BCUT2D eigenvalue weighted by Gasteiger charge is 2.30. The van der Waals surface area contributed by atoms with E-state index >= 15 is 0 Å². The van der Waals surface area contributed by atoms with E-state index < -0.39 is 0 Å². The molecule has 0 spiro atoms. The van der Waals surface area contributed by atoms with Gasteiger partial charge in [0, 0.05) is 12.1 Å². The minimum Gasteiger partial charge on any atom is -0.346 e. The molecule has 3 heteroatoms. The topological polar surface area (TPSA) is 41.1 Å². The van der Waals surface area contributed by atoms with Crippen molar-refractivity contribution in [3.8, 4) is 0 Å². The van der Waals surface area contributed by atoms with Crippen LogP contribution in [0.3, 0.4) is 0 Å². The standard InChI is InChI=1S/C16H18N2O/c1-16(8-9-17-11-16)18-15(19)14-7-6-12-4-2-3-5-13(12)10-14/h2-7,10,17H,8-9,11H2,1H3,(H,18,19). The minimum atomic E-state index is -0.122. The first-order valence-corrected chi connectivity index (χ1v) is 6.68. The molecule has 1 atom stereocenters. The second-order valence-electron chi connectivity index (χ2n) is 5.50. The first kappa shape index (κ1) is 12.2. The lowest BCUT2D eigenvalue weighted by molar-refractivity contribution is 0.0913. The van der Waals surface area contributed by atoms with E-state index in [1.54, 1.807) is 0 Å².